The highest BCUT2D eigenvalue weighted by atomic mass is 19.1. The molecule has 0 saturated carbocycles. The highest BCUT2D eigenvalue weighted by molar-refractivity contribution is 6.12. The second-order valence-corrected chi connectivity index (χ2v) is 5.09. The molecule has 2 aromatic carbocycles. The van der Waals surface area contributed by atoms with Crippen molar-refractivity contribution in [2.45, 2.75) is 6.61 Å². The average molecular weight is 344 g/mol. The SMILES string of the molecule is CNC(=O)[C@@H](C#N)C(=O)c1ccc(F)c(COc2ccc(F)cc2)c1. The van der Waals surface area contributed by atoms with Gasteiger partial charge >= 0.3 is 0 Å². The number of hydrogen-bond acceptors (Lipinski definition) is 4. The van der Waals surface area contributed by atoms with Gasteiger partial charge in [-0.2, -0.15) is 5.26 Å². The van der Waals surface area contributed by atoms with Crippen LogP contribution < -0.4 is 10.1 Å². The topological polar surface area (TPSA) is 79.2 Å². The van der Waals surface area contributed by atoms with Gasteiger partial charge in [-0.05, 0) is 42.5 Å². The van der Waals surface area contributed by atoms with Crippen LogP contribution in [0.3, 0.4) is 0 Å². The molecule has 0 heterocycles. The normalized spacial score (nSPS) is 11.3. The number of nitriles is 1. The summed E-state index contributed by atoms with van der Waals surface area (Å²) in [5.74, 6) is -3.68. The van der Waals surface area contributed by atoms with Gasteiger partial charge in [0.1, 0.15) is 24.0 Å². The summed E-state index contributed by atoms with van der Waals surface area (Å²) in [7, 11) is 1.31. The van der Waals surface area contributed by atoms with E-state index in [0.29, 0.717) is 5.75 Å². The van der Waals surface area contributed by atoms with Crippen molar-refractivity contribution in [3.05, 3.63) is 65.2 Å². The van der Waals surface area contributed by atoms with Gasteiger partial charge < -0.3 is 10.1 Å². The van der Waals surface area contributed by atoms with Gasteiger partial charge in [0, 0.05) is 18.2 Å². The number of amides is 1. The van der Waals surface area contributed by atoms with Crippen molar-refractivity contribution in [1.82, 2.24) is 5.32 Å². The molecule has 7 heteroatoms. The van der Waals surface area contributed by atoms with Crippen molar-refractivity contribution in [1.29, 1.82) is 5.26 Å². The van der Waals surface area contributed by atoms with E-state index < -0.39 is 29.2 Å². The standard InChI is InChI=1S/C18H14F2N2O3/c1-22-18(24)15(9-21)17(23)11-2-7-16(20)12(8-11)10-25-14-5-3-13(19)4-6-14/h2-8,15H,10H2,1H3,(H,22,24)/t15-/m0/s1. The van der Waals surface area contributed by atoms with Crippen LogP contribution in [0.15, 0.2) is 42.5 Å². The molecule has 25 heavy (non-hydrogen) atoms. The number of nitrogens with zero attached hydrogens (tertiary/aromatic N) is 1. The van der Waals surface area contributed by atoms with Gasteiger partial charge in [0.25, 0.3) is 0 Å². The smallest absolute Gasteiger partial charge is 0.245 e. The lowest BCUT2D eigenvalue weighted by atomic mass is 9.96. The molecule has 1 amide bonds. The highest BCUT2D eigenvalue weighted by Crippen LogP contribution is 2.18. The number of benzene rings is 2. The lowest BCUT2D eigenvalue weighted by molar-refractivity contribution is -0.121. The molecule has 5 nitrogen and oxygen atoms in total. The summed E-state index contributed by atoms with van der Waals surface area (Å²) in [5, 5.41) is 11.2. The largest absolute Gasteiger partial charge is 0.489 e. The summed E-state index contributed by atoms with van der Waals surface area (Å²) < 4.78 is 32.1. The van der Waals surface area contributed by atoms with Crippen molar-refractivity contribution in [3.8, 4) is 11.8 Å². The van der Waals surface area contributed by atoms with Gasteiger partial charge in [0.05, 0.1) is 6.07 Å². The first-order chi connectivity index (χ1) is 12.0. The zero-order chi connectivity index (χ0) is 18.4. The second kappa shape index (κ2) is 8.02. The van der Waals surface area contributed by atoms with Crippen LogP contribution in [0.4, 0.5) is 8.78 Å². The molecule has 0 fully saturated rings. The Morgan fingerprint density at radius 3 is 2.48 bits per heavy atom. The minimum atomic E-state index is -1.51. The number of Topliss-reactive ketones (excluding diaryl/α,β-unsaturated/α-hetero) is 1. The molecular formula is C18H14F2N2O3. The minimum absolute atomic E-state index is 0.0225. The Balaban J connectivity index is 2.19. The van der Waals surface area contributed by atoms with E-state index in [1.165, 1.54) is 43.4 Å². The predicted octanol–water partition coefficient (Wildman–Crippen LogP) is 2.61. The zero-order valence-corrected chi connectivity index (χ0v) is 13.3. The van der Waals surface area contributed by atoms with E-state index in [9.17, 15) is 18.4 Å². The predicted molar refractivity (Wildman–Crippen MR) is 84.6 cm³/mol. The van der Waals surface area contributed by atoms with E-state index in [0.717, 1.165) is 6.07 Å². The molecule has 1 N–H and O–H groups in total. The molecule has 0 aromatic heterocycles. The van der Waals surface area contributed by atoms with Crippen LogP contribution in [0.25, 0.3) is 0 Å². The lowest BCUT2D eigenvalue weighted by Crippen LogP contribution is -2.32. The van der Waals surface area contributed by atoms with Gasteiger partial charge in [-0.25, -0.2) is 8.78 Å². The summed E-state index contributed by atoms with van der Waals surface area (Å²) >= 11 is 0. The van der Waals surface area contributed by atoms with Gasteiger partial charge in [0.15, 0.2) is 11.7 Å². The average Bonchev–Trinajstić information content (AvgIpc) is 2.62. The third-order valence-electron chi connectivity index (χ3n) is 3.44. The van der Waals surface area contributed by atoms with Gasteiger partial charge in [-0.3, -0.25) is 9.59 Å². The second-order valence-electron chi connectivity index (χ2n) is 5.09. The van der Waals surface area contributed by atoms with E-state index in [2.05, 4.69) is 5.32 Å². The summed E-state index contributed by atoms with van der Waals surface area (Å²) in [5.41, 5.74) is 0.0954. The number of carbonyl (C=O) groups is 2. The van der Waals surface area contributed by atoms with E-state index in [-0.39, 0.29) is 17.7 Å². The van der Waals surface area contributed by atoms with Crippen molar-refractivity contribution in [2.75, 3.05) is 7.05 Å². The Kier molecular flexibility index (Phi) is 5.79. The maximum absolute atomic E-state index is 13.9. The minimum Gasteiger partial charge on any atom is -0.489 e. The first-order valence-corrected chi connectivity index (χ1v) is 7.28. The van der Waals surface area contributed by atoms with E-state index >= 15 is 0 Å². The molecule has 1 atom stereocenters. The molecule has 0 bridgehead atoms. The van der Waals surface area contributed by atoms with Gasteiger partial charge in [0.2, 0.25) is 5.91 Å². The molecule has 0 spiro atoms. The molecule has 0 aliphatic heterocycles. The molecule has 0 saturated heterocycles. The number of rotatable bonds is 6. The van der Waals surface area contributed by atoms with Crippen LogP contribution >= 0.6 is 0 Å². The van der Waals surface area contributed by atoms with Crippen LogP contribution in [-0.4, -0.2) is 18.7 Å². The van der Waals surface area contributed by atoms with Crippen molar-refractivity contribution >= 4 is 11.7 Å². The molecule has 0 radical (unpaired) electrons. The van der Waals surface area contributed by atoms with Crippen molar-refractivity contribution in [3.63, 3.8) is 0 Å². The summed E-state index contributed by atoms with van der Waals surface area (Å²) in [4.78, 5) is 23.8. The van der Waals surface area contributed by atoms with Gasteiger partial charge in [-0.1, -0.05) is 0 Å². The number of ketones is 1. The lowest BCUT2D eigenvalue weighted by Gasteiger charge is -2.10. The highest BCUT2D eigenvalue weighted by Gasteiger charge is 2.27. The maximum atomic E-state index is 13.9. The Morgan fingerprint density at radius 2 is 1.88 bits per heavy atom. The number of halogens is 2. The first-order valence-electron chi connectivity index (χ1n) is 7.28. The van der Waals surface area contributed by atoms with Crippen molar-refractivity contribution < 1.29 is 23.1 Å². The Bertz CT molecular complexity index is 829. The fourth-order valence-corrected chi connectivity index (χ4v) is 2.08. The molecule has 0 aliphatic carbocycles. The Labute approximate surface area is 142 Å². The Hall–Kier alpha value is -3.27. The summed E-state index contributed by atoms with van der Waals surface area (Å²) in [6.45, 7) is -0.199. The van der Waals surface area contributed by atoms with Crippen molar-refractivity contribution in [2.24, 2.45) is 5.92 Å². The van der Waals surface area contributed by atoms with Crippen LogP contribution in [0.5, 0.6) is 5.75 Å². The monoisotopic (exact) mass is 344 g/mol. The van der Waals surface area contributed by atoms with Crippen LogP contribution in [0, 0.1) is 28.9 Å². The van der Waals surface area contributed by atoms with Crippen LogP contribution in [-0.2, 0) is 11.4 Å². The molecule has 0 unspecified atom stereocenters. The van der Waals surface area contributed by atoms with E-state index in [1.807, 2.05) is 0 Å². The van der Waals surface area contributed by atoms with Crippen LogP contribution in [0.2, 0.25) is 0 Å². The van der Waals surface area contributed by atoms with Gasteiger partial charge in [-0.15, -0.1) is 0 Å². The third kappa shape index (κ3) is 4.38. The van der Waals surface area contributed by atoms with Crippen LogP contribution in [0.1, 0.15) is 15.9 Å². The maximum Gasteiger partial charge on any atom is 0.245 e. The zero-order valence-electron chi connectivity index (χ0n) is 13.3. The number of nitrogens with one attached hydrogen (secondary N) is 1. The molecule has 2 rings (SSSR count). The Morgan fingerprint density at radius 1 is 1.20 bits per heavy atom. The molecular weight excluding hydrogens is 330 g/mol. The van der Waals surface area contributed by atoms with E-state index in [1.54, 1.807) is 6.07 Å². The third-order valence-corrected chi connectivity index (χ3v) is 3.44. The quantitative estimate of drug-likeness (QED) is 0.645. The summed E-state index contributed by atoms with van der Waals surface area (Å²) in [6, 6.07) is 10.3. The molecule has 128 valence electrons. The number of hydrogen-bond donors (Lipinski definition) is 1. The summed E-state index contributed by atoms with van der Waals surface area (Å²) in [6.07, 6.45) is 0. The fourth-order valence-electron chi connectivity index (χ4n) is 2.08. The number of ether oxygens (including phenoxy) is 1. The van der Waals surface area contributed by atoms with E-state index in [4.69, 9.17) is 10.00 Å². The fraction of sp³-hybridized carbons (Fsp3) is 0.167. The first kappa shape index (κ1) is 18.1. The molecule has 0 aliphatic rings. The molecule has 2 aromatic rings. The number of carbonyl (C=O) groups excluding carboxylic acids is 2.